The molecular formula is C12H12F4N4O3. The van der Waals surface area contributed by atoms with Gasteiger partial charge in [-0.3, -0.25) is 0 Å². The number of fused-ring (bicyclic) bond motifs is 1. The molecule has 1 saturated heterocycles. The summed E-state index contributed by atoms with van der Waals surface area (Å²) >= 11 is 0. The molecule has 2 N–H and O–H groups in total. The van der Waals surface area contributed by atoms with Gasteiger partial charge in [-0.25, -0.2) is 4.79 Å². The van der Waals surface area contributed by atoms with E-state index in [1.54, 1.807) is 6.07 Å². The number of carboxylic acids is 1. The molecular weight excluding hydrogens is 324 g/mol. The maximum absolute atomic E-state index is 12.9. The first kappa shape index (κ1) is 16.9. The number of halogens is 4. The van der Waals surface area contributed by atoms with Crippen LogP contribution < -0.4 is 10.2 Å². The van der Waals surface area contributed by atoms with Crippen LogP contribution in [0.3, 0.4) is 0 Å². The third kappa shape index (κ3) is 4.52. The molecule has 0 atom stereocenters. The Morgan fingerprint density at radius 2 is 1.87 bits per heavy atom. The topological polar surface area (TPSA) is 91.5 Å². The second-order valence-corrected chi connectivity index (χ2v) is 4.49. The second-order valence-electron chi connectivity index (χ2n) is 4.49. The second kappa shape index (κ2) is 6.77. The fourth-order valence-electron chi connectivity index (χ4n) is 1.78. The van der Waals surface area contributed by atoms with Crippen LogP contribution in [0.15, 0.2) is 16.5 Å². The number of hydrogen-bond donors (Lipinski definition) is 2. The normalized spacial score (nSPS) is 15.2. The molecule has 2 aromatic heterocycles. The van der Waals surface area contributed by atoms with E-state index in [1.165, 1.54) is 6.07 Å². The summed E-state index contributed by atoms with van der Waals surface area (Å²) in [5.41, 5.74) is 0.850. The van der Waals surface area contributed by atoms with Crippen LogP contribution in [0.2, 0.25) is 0 Å². The minimum Gasteiger partial charge on any atom is -0.475 e. The van der Waals surface area contributed by atoms with Crippen LogP contribution >= 0.6 is 0 Å². The zero-order valence-corrected chi connectivity index (χ0v) is 11.6. The maximum Gasteiger partial charge on any atom is 0.490 e. The molecule has 1 aliphatic heterocycles. The summed E-state index contributed by atoms with van der Waals surface area (Å²) in [4.78, 5) is 18.8. The van der Waals surface area contributed by atoms with Crippen molar-refractivity contribution in [3.63, 3.8) is 0 Å². The first-order valence-corrected chi connectivity index (χ1v) is 6.46. The Morgan fingerprint density at radius 1 is 1.26 bits per heavy atom. The van der Waals surface area contributed by atoms with Gasteiger partial charge in [0.1, 0.15) is 0 Å². The van der Waals surface area contributed by atoms with Gasteiger partial charge in [0.2, 0.25) is 11.6 Å². The Bertz CT molecular complexity index is 682. The predicted molar refractivity (Wildman–Crippen MR) is 70.5 cm³/mol. The summed E-state index contributed by atoms with van der Waals surface area (Å²) in [5, 5.41) is 10.4. The van der Waals surface area contributed by atoms with Gasteiger partial charge in [-0.15, -0.1) is 0 Å². The fraction of sp³-hybridized carbons (Fsp3) is 0.417. The number of nitrogens with one attached hydrogen (secondary N) is 1. The number of carbonyl (C=O) groups is 1. The zero-order chi connectivity index (χ0) is 17.0. The number of oxazole rings is 1. The Hall–Kier alpha value is -2.43. The van der Waals surface area contributed by atoms with E-state index in [0.717, 1.165) is 26.2 Å². The monoisotopic (exact) mass is 336 g/mol. The van der Waals surface area contributed by atoms with Gasteiger partial charge in [0.15, 0.2) is 5.58 Å². The number of nitrogens with zero attached hydrogens (tertiary/aromatic N) is 3. The minimum absolute atomic E-state index is 0.327. The van der Waals surface area contributed by atoms with Crippen LogP contribution in [0.25, 0.3) is 11.2 Å². The molecule has 3 heterocycles. The molecule has 0 spiro atoms. The molecule has 0 aliphatic carbocycles. The molecule has 11 heteroatoms. The first-order valence-electron chi connectivity index (χ1n) is 6.46. The van der Waals surface area contributed by atoms with Gasteiger partial charge in [0.25, 0.3) is 6.01 Å². The van der Waals surface area contributed by atoms with Gasteiger partial charge in [0.05, 0.1) is 0 Å². The van der Waals surface area contributed by atoms with Crippen molar-refractivity contribution in [3.05, 3.63) is 18.1 Å². The molecule has 23 heavy (non-hydrogen) atoms. The minimum atomic E-state index is -5.08. The highest BCUT2D eigenvalue weighted by atomic mass is 19.4. The van der Waals surface area contributed by atoms with E-state index in [-0.39, 0.29) is 0 Å². The van der Waals surface area contributed by atoms with Crippen LogP contribution in [-0.4, -0.2) is 53.4 Å². The summed E-state index contributed by atoms with van der Waals surface area (Å²) in [6, 6.07) is 3.35. The van der Waals surface area contributed by atoms with Gasteiger partial charge < -0.3 is 19.7 Å². The van der Waals surface area contributed by atoms with Crippen molar-refractivity contribution in [1.82, 2.24) is 15.3 Å². The Kier molecular flexibility index (Phi) is 4.98. The Morgan fingerprint density at radius 3 is 2.43 bits per heavy atom. The zero-order valence-electron chi connectivity index (χ0n) is 11.6. The third-order valence-electron chi connectivity index (χ3n) is 2.84. The molecule has 3 rings (SSSR count). The van der Waals surface area contributed by atoms with E-state index in [9.17, 15) is 17.6 Å². The van der Waals surface area contributed by atoms with Crippen molar-refractivity contribution in [2.45, 2.75) is 6.18 Å². The van der Waals surface area contributed by atoms with Crippen LogP contribution in [0.5, 0.6) is 0 Å². The Labute approximate surface area is 126 Å². The van der Waals surface area contributed by atoms with E-state index < -0.39 is 18.1 Å². The van der Waals surface area contributed by atoms with Gasteiger partial charge in [0, 0.05) is 26.2 Å². The van der Waals surface area contributed by atoms with Crippen molar-refractivity contribution >= 4 is 23.2 Å². The number of rotatable bonds is 1. The highest BCUT2D eigenvalue weighted by Crippen LogP contribution is 2.20. The van der Waals surface area contributed by atoms with Crippen molar-refractivity contribution in [2.75, 3.05) is 31.1 Å². The molecule has 0 aromatic carbocycles. The summed E-state index contributed by atoms with van der Waals surface area (Å²) < 4.78 is 50.1. The molecule has 0 radical (unpaired) electrons. The lowest BCUT2D eigenvalue weighted by molar-refractivity contribution is -0.192. The van der Waals surface area contributed by atoms with E-state index in [1.807, 2.05) is 4.90 Å². The number of anilines is 1. The Balaban J connectivity index is 0.000000236. The third-order valence-corrected chi connectivity index (χ3v) is 2.84. The van der Waals surface area contributed by atoms with Crippen LogP contribution in [-0.2, 0) is 4.79 Å². The summed E-state index contributed by atoms with van der Waals surface area (Å²) in [7, 11) is 0. The van der Waals surface area contributed by atoms with Gasteiger partial charge in [-0.1, -0.05) is 0 Å². The fourth-order valence-corrected chi connectivity index (χ4v) is 1.78. The standard InChI is InChI=1S/C10H11FN4O.C2HF3O2/c11-8-2-1-7-9(13-8)14-10(16-7)15-5-3-12-4-6-15;3-2(4,5)1(6)7/h1-2,12H,3-6H2;(H,6,7). The average molecular weight is 336 g/mol. The lowest BCUT2D eigenvalue weighted by Gasteiger charge is -2.25. The number of carboxylic acid groups (broad SMARTS) is 1. The smallest absolute Gasteiger partial charge is 0.475 e. The predicted octanol–water partition coefficient (Wildman–Crippen LogP) is 1.40. The SMILES string of the molecule is Fc1ccc2oc(N3CCNCC3)nc2n1.O=C(O)C(F)(F)F. The number of alkyl halides is 3. The van der Waals surface area contributed by atoms with Gasteiger partial charge >= 0.3 is 12.1 Å². The van der Waals surface area contributed by atoms with Crippen LogP contribution in [0.1, 0.15) is 0 Å². The lowest BCUT2D eigenvalue weighted by Crippen LogP contribution is -2.43. The van der Waals surface area contributed by atoms with E-state index in [2.05, 4.69) is 15.3 Å². The van der Waals surface area contributed by atoms with Crippen molar-refractivity contribution < 1.29 is 31.9 Å². The maximum atomic E-state index is 12.9. The van der Waals surface area contributed by atoms with E-state index in [0.29, 0.717) is 17.2 Å². The number of aromatic nitrogens is 2. The average Bonchev–Trinajstić information content (AvgIpc) is 2.91. The highest BCUT2D eigenvalue weighted by Gasteiger charge is 2.38. The lowest BCUT2D eigenvalue weighted by atomic mass is 10.4. The molecule has 126 valence electrons. The molecule has 0 bridgehead atoms. The number of aliphatic carboxylic acids is 1. The number of piperazine rings is 1. The molecule has 0 saturated carbocycles. The van der Waals surface area contributed by atoms with Crippen molar-refractivity contribution in [2.24, 2.45) is 0 Å². The van der Waals surface area contributed by atoms with E-state index in [4.69, 9.17) is 14.3 Å². The van der Waals surface area contributed by atoms with Crippen molar-refractivity contribution in [3.8, 4) is 0 Å². The van der Waals surface area contributed by atoms with E-state index >= 15 is 0 Å². The number of pyridine rings is 1. The van der Waals surface area contributed by atoms with Gasteiger partial charge in [-0.2, -0.15) is 27.5 Å². The highest BCUT2D eigenvalue weighted by molar-refractivity contribution is 5.73. The first-order chi connectivity index (χ1) is 10.8. The molecule has 1 fully saturated rings. The van der Waals surface area contributed by atoms with Crippen molar-refractivity contribution in [1.29, 1.82) is 0 Å². The molecule has 0 amide bonds. The molecule has 2 aromatic rings. The van der Waals surface area contributed by atoms with Gasteiger partial charge in [-0.05, 0) is 12.1 Å². The molecule has 0 unspecified atom stereocenters. The van der Waals surface area contributed by atoms with Crippen LogP contribution in [0, 0.1) is 5.95 Å². The summed E-state index contributed by atoms with van der Waals surface area (Å²) in [5.74, 6) is -3.29. The largest absolute Gasteiger partial charge is 0.490 e. The van der Waals surface area contributed by atoms with Crippen LogP contribution in [0.4, 0.5) is 23.6 Å². The molecule has 1 aliphatic rings. The number of hydrogen-bond acceptors (Lipinski definition) is 6. The molecule has 7 nitrogen and oxygen atoms in total. The summed E-state index contributed by atoms with van der Waals surface area (Å²) in [6.45, 7) is 3.49. The quantitative estimate of drug-likeness (QED) is 0.601. The summed E-state index contributed by atoms with van der Waals surface area (Å²) in [6.07, 6.45) is -5.08.